The lowest BCUT2D eigenvalue weighted by Gasteiger charge is -2.16. The second kappa shape index (κ2) is 7.17. The van der Waals surface area contributed by atoms with E-state index in [0.717, 1.165) is 26.2 Å². The molecule has 5 nitrogen and oxygen atoms in total. The lowest BCUT2D eigenvalue weighted by molar-refractivity contribution is -0.138. The first-order valence-corrected chi connectivity index (χ1v) is 9.30. The molecule has 0 radical (unpaired) electrons. The average Bonchev–Trinajstić information content (AvgIpc) is 3.03. The van der Waals surface area contributed by atoms with E-state index in [2.05, 4.69) is 15.3 Å². The van der Waals surface area contributed by atoms with Crippen LogP contribution < -0.4 is 5.32 Å². The Morgan fingerprint density at radius 2 is 1.70 bits per heavy atom. The Bertz CT molecular complexity index is 1090. The first-order valence-electron chi connectivity index (χ1n) is 8.49. The number of benzene rings is 2. The smallest absolute Gasteiger partial charge is 0.330 e. The van der Waals surface area contributed by atoms with Gasteiger partial charge in [0.25, 0.3) is 0 Å². The Hall–Kier alpha value is -3.25. The van der Waals surface area contributed by atoms with E-state index in [4.69, 9.17) is 0 Å². The van der Waals surface area contributed by atoms with Crippen LogP contribution in [-0.2, 0) is 4.79 Å². The molecular weight excluding hydrogens is 358 g/mol. The molecule has 2 aromatic carbocycles. The number of rotatable bonds is 5. The third-order valence-corrected chi connectivity index (χ3v) is 5.40. The molecule has 0 bridgehead atoms. The summed E-state index contributed by atoms with van der Waals surface area (Å²) in [5.41, 5.74) is 2.77. The molecule has 1 atom stereocenters. The number of nitrogens with one attached hydrogen (secondary N) is 1. The fourth-order valence-electron chi connectivity index (χ4n) is 3.18. The van der Waals surface area contributed by atoms with E-state index in [0.29, 0.717) is 11.4 Å². The van der Waals surface area contributed by atoms with Gasteiger partial charge < -0.3 is 10.4 Å². The van der Waals surface area contributed by atoms with E-state index >= 15 is 0 Å². The molecule has 1 unspecified atom stereocenters. The van der Waals surface area contributed by atoms with Crippen molar-refractivity contribution in [1.82, 2.24) is 9.97 Å². The maximum absolute atomic E-state index is 11.9. The van der Waals surface area contributed by atoms with Gasteiger partial charge in [-0.3, -0.25) is 0 Å². The van der Waals surface area contributed by atoms with Crippen molar-refractivity contribution >= 4 is 33.3 Å². The van der Waals surface area contributed by atoms with Crippen LogP contribution in [0.25, 0.3) is 21.3 Å². The SMILES string of the molecule is Cc1sc2ncnc(NC(C(=O)O)c3ccccc3)c2c1-c1ccccc1. The lowest BCUT2D eigenvalue weighted by Crippen LogP contribution is -2.21. The molecule has 2 N–H and O–H groups in total. The number of carboxylic acids is 1. The Kier molecular flexibility index (Phi) is 4.56. The van der Waals surface area contributed by atoms with Crippen molar-refractivity contribution in [2.75, 3.05) is 5.32 Å². The zero-order valence-electron chi connectivity index (χ0n) is 14.6. The molecule has 0 spiro atoms. The van der Waals surface area contributed by atoms with Gasteiger partial charge in [0.2, 0.25) is 0 Å². The quantitative estimate of drug-likeness (QED) is 0.519. The van der Waals surface area contributed by atoms with Crippen molar-refractivity contribution in [3.63, 3.8) is 0 Å². The highest BCUT2D eigenvalue weighted by Crippen LogP contribution is 2.40. The molecular formula is C21H17N3O2S. The minimum absolute atomic E-state index is 0.527. The first kappa shape index (κ1) is 17.2. The van der Waals surface area contributed by atoms with Crippen LogP contribution in [0.5, 0.6) is 0 Å². The minimum atomic E-state index is -0.957. The van der Waals surface area contributed by atoms with Crippen molar-refractivity contribution < 1.29 is 9.90 Å². The molecule has 4 rings (SSSR count). The Labute approximate surface area is 160 Å². The van der Waals surface area contributed by atoms with Crippen molar-refractivity contribution in [3.05, 3.63) is 77.4 Å². The van der Waals surface area contributed by atoms with Gasteiger partial charge in [0.15, 0.2) is 6.04 Å². The third-order valence-electron chi connectivity index (χ3n) is 4.39. The van der Waals surface area contributed by atoms with Crippen LogP contribution in [0.4, 0.5) is 5.82 Å². The molecule has 6 heteroatoms. The fourth-order valence-corrected chi connectivity index (χ4v) is 4.19. The maximum Gasteiger partial charge on any atom is 0.330 e. The van der Waals surface area contributed by atoms with Crippen LogP contribution >= 0.6 is 11.3 Å². The molecule has 2 heterocycles. The van der Waals surface area contributed by atoms with Crippen LogP contribution in [-0.4, -0.2) is 21.0 Å². The normalized spacial score (nSPS) is 12.0. The van der Waals surface area contributed by atoms with E-state index in [-0.39, 0.29) is 0 Å². The molecule has 2 aromatic heterocycles. The first-order chi connectivity index (χ1) is 13.1. The Morgan fingerprint density at radius 3 is 2.37 bits per heavy atom. The standard InChI is InChI=1S/C21H17N3O2S/c1-13-16(14-8-4-2-5-9-14)17-19(22-12-23-20(17)27-13)24-18(21(25)26)15-10-6-3-7-11-15/h2-12,18H,1H3,(H,25,26)(H,22,23,24). The number of hydrogen-bond donors (Lipinski definition) is 2. The Morgan fingerprint density at radius 1 is 1.04 bits per heavy atom. The molecule has 0 fully saturated rings. The van der Waals surface area contributed by atoms with E-state index < -0.39 is 12.0 Å². The molecule has 0 saturated carbocycles. The van der Waals surface area contributed by atoms with Gasteiger partial charge >= 0.3 is 5.97 Å². The van der Waals surface area contributed by atoms with Crippen LogP contribution in [0.2, 0.25) is 0 Å². The second-order valence-corrected chi connectivity index (χ2v) is 7.33. The van der Waals surface area contributed by atoms with Crippen LogP contribution in [0.3, 0.4) is 0 Å². The number of aromatic nitrogens is 2. The number of fused-ring (bicyclic) bond motifs is 1. The molecule has 0 saturated heterocycles. The van der Waals surface area contributed by atoms with Gasteiger partial charge in [0.05, 0.1) is 5.39 Å². The number of anilines is 1. The predicted molar refractivity (Wildman–Crippen MR) is 108 cm³/mol. The number of hydrogen-bond acceptors (Lipinski definition) is 5. The second-order valence-electron chi connectivity index (χ2n) is 6.13. The summed E-state index contributed by atoms with van der Waals surface area (Å²) < 4.78 is 0. The average molecular weight is 375 g/mol. The summed E-state index contributed by atoms with van der Waals surface area (Å²) >= 11 is 1.58. The van der Waals surface area contributed by atoms with Crippen molar-refractivity contribution in [1.29, 1.82) is 0 Å². The fraction of sp³-hybridized carbons (Fsp3) is 0.0952. The molecule has 27 heavy (non-hydrogen) atoms. The Balaban J connectivity index is 1.86. The van der Waals surface area contributed by atoms with Gasteiger partial charge in [-0.05, 0) is 18.1 Å². The zero-order valence-corrected chi connectivity index (χ0v) is 15.4. The monoisotopic (exact) mass is 375 g/mol. The summed E-state index contributed by atoms with van der Waals surface area (Å²) in [7, 11) is 0. The van der Waals surface area contributed by atoms with Crippen molar-refractivity contribution in [2.24, 2.45) is 0 Å². The van der Waals surface area contributed by atoms with Gasteiger partial charge in [-0.25, -0.2) is 14.8 Å². The van der Waals surface area contributed by atoms with Crippen LogP contribution in [0.15, 0.2) is 67.0 Å². The van der Waals surface area contributed by atoms with Gasteiger partial charge in [0.1, 0.15) is 17.0 Å². The van der Waals surface area contributed by atoms with E-state index in [9.17, 15) is 9.90 Å². The number of thiophene rings is 1. The van der Waals surface area contributed by atoms with Crippen LogP contribution in [0.1, 0.15) is 16.5 Å². The third kappa shape index (κ3) is 3.27. The largest absolute Gasteiger partial charge is 0.479 e. The van der Waals surface area contributed by atoms with E-state index in [1.807, 2.05) is 55.5 Å². The summed E-state index contributed by atoms with van der Waals surface area (Å²) in [6.07, 6.45) is 1.47. The van der Waals surface area contributed by atoms with Crippen LogP contribution in [0, 0.1) is 6.92 Å². The summed E-state index contributed by atoms with van der Waals surface area (Å²) in [6, 6.07) is 18.2. The molecule has 0 aliphatic heterocycles. The molecule has 0 aliphatic rings. The molecule has 0 amide bonds. The van der Waals surface area contributed by atoms with Gasteiger partial charge in [-0.2, -0.15) is 0 Å². The lowest BCUT2D eigenvalue weighted by atomic mass is 10.0. The number of carbonyl (C=O) groups is 1. The number of carboxylic acid groups (broad SMARTS) is 1. The zero-order chi connectivity index (χ0) is 18.8. The van der Waals surface area contributed by atoms with Gasteiger partial charge in [-0.15, -0.1) is 11.3 Å². The number of nitrogens with zero attached hydrogens (tertiary/aromatic N) is 2. The minimum Gasteiger partial charge on any atom is -0.479 e. The van der Waals surface area contributed by atoms with Gasteiger partial charge in [-0.1, -0.05) is 60.7 Å². The summed E-state index contributed by atoms with van der Waals surface area (Å²) in [5, 5.41) is 13.7. The van der Waals surface area contributed by atoms with E-state index in [1.54, 1.807) is 23.5 Å². The topological polar surface area (TPSA) is 75.1 Å². The van der Waals surface area contributed by atoms with E-state index in [1.165, 1.54) is 6.33 Å². The van der Waals surface area contributed by atoms with Crippen molar-refractivity contribution in [3.8, 4) is 11.1 Å². The highest BCUT2D eigenvalue weighted by Gasteiger charge is 2.23. The predicted octanol–water partition coefficient (Wildman–Crippen LogP) is 4.90. The summed E-state index contributed by atoms with van der Waals surface area (Å²) in [5.74, 6) is -0.430. The number of aryl methyl sites for hydroxylation is 1. The summed E-state index contributed by atoms with van der Waals surface area (Å²) in [6.45, 7) is 2.05. The summed E-state index contributed by atoms with van der Waals surface area (Å²) in [4.78, 5) is 22.6. The highest BCUT2D eigenvalue weighted by atomic mass is 32.1. The molecule has 0 aliphatic carbocycles. The maximum atomic E-state index is 11.9. The van der Waals surface area contributed by atoms with Gasteiger partial charge in [0, 0.05) is 10.4 Å². The molecule has 4 aromatic rings. The molecule has 134 valence electrons. The number of aliphatic carboxylic acids is 1. The van der Waals surface area contributed by atoms with Crippen molar-refractivity contribution in [2.45, 2.75) is 13.0 Å². The highest BCUT2D eigenvalue weighted by molar-refractivity contribution is 7.19.